The van der Waals surface area contributed by atoms with Crippen LogP contribution in [-0.4, -0.2) is 5.71 Å². The van der Waals surface area contributed by atoms with E-state index >= 15 is 0 Å². The van der Waals surface area contributed by atoms with E-state index in [4.69, 9.17) is 4.99 Å². The lowest BCUT2D eigenvalue weighted by atomic mass is 9.83. The van der Waals surface area contributed by atoms with E-state index in [0.29, 0.717) is 0 Å². The number of aliphatic imine (C=N–C) groups is 1. The fraction of sp³-hybridized carbons (Fsp3) is 0.0455. The standard InChI is InChI=1S/C22H17N/c1-3-9-17(10-4-1)19-15-16-23-22(18-11-5-2-6-12-18)21-14-8-7-13-20(19)21/h1-16,21H. The molecule has 2 aliphatic rings. The predicted molar refractivity (Wildman–Crippen MR) is 97.3 cm³/mol. The van der Waals surface area contributed by atoms with E-state index in [1.807, 2.05) is 12.3 Å². The van der Waals surface area contributed by atoms with Crippen LogP contribution in [0.15, 0.2) is 108 Å². The second-order valence-electron chi connectivity index (χ2n) is 5.65. The van der Waals surface area contributed by atoms with E-state index in [1.54, 1.807) is 0 Å². The highest BCUT2D eigenvalue weighted by molar-refractivity contribution is 6.08. The van der Waals surface area contributed by atoms with Gasteiger partial charge in [0.05, 0.1) is 5.71 Å². The zero-order valence-corrected chi connectivity index (χ0v) is 12.8. The van der Waals surface area contributed by atoms with Gasteiger partial charge in [0.1, 0.15) is 0 Å². The van der Waals surface area contributed by atoms with Crippen molar-refractivity contribution in [1.29, 1.82) is 0 Å². The Morgan fingerprint density at radius 2 is 1.39 bits per heavy atom. The average Bonchev–Trinajstić information content (AvgIpc) is 2.83. The highest BCUT2D eigenvalue weighted by Gasteiger charge is 2.23. The van der Waals surface area contributed by atoms with Crippen molar-refractivity contribution in [1.82, 2.24) is 0 Å². The molecule has 0 amide bonds. The van der Waals surface area contributed by atoms with E-state index in [0.717, 1.165) is 5.71 Å². The van der Waals surface area contributed by atoms with Gasteiger partial charge < -0.3 is 0 Å². The lowest BCUT2D eigenvalue weighted by Crippen LogP contribution is -2.17. The van der Waals surface area contributed by atoms with Crippen LogP contribution >= 0.6 is 0 Å². The normalized spacial score (nSPS) is 19.3. The SMILES string of the molecule is C1=CC2=C(c3ccccc3)C=CN=C(c3ccccc3)C2C=C1. The molecule has 110 valence electrons. The summed E-state index contributed by atoms with van der Waals surface area (Å²) in [4.78, 5) is 4.76. The van der Waals surface area contributed by atoms with Gasteiger partial charge in [-0.3, -0.25) is 4.99 Å². The molecule has 0 N–H and O–H groups in total. The molecule has 1 heterocycles. The van der Waals surface area contributed by atoms with Crippen LogP contribution in [0, 0.1) is 5.92 Å². The Hall–Kier alpha value is -2.93. The topological polar surface area (TPSA) is 12.4 Å². The van der Waals surface area contributed by atoms with Crippen molar-refractivity contribution >= 4 is 11.3 Å². The summed E-state index contributed by atoms with van der Waals surface area (Å²) in [6.07, 6.45) is 12.7. The summed E-state index contributed by atoms with van der Waals surface area (Å²) in [6, 6.07) is 21.0. The first-order valence-corrected chi connectivity index (χ1v) is 7.87. The average molecular weight is 295 g/mol. The zero-order valence-electron chi connectivity index (χ0n) is 12.8. The summed E-state index contributed by atoms with van der Waals surface area (Å²) in [7, 11) is 0. The van der Waals surface area contributed by atoms with Crippen molar-refractivity contribution in [2.45, 2.75) is 0 Å². The molecule has 1 nitrogen and oxygen atoms in total. The fourth-order valence-corrected chi connectivity index (χ4v) is 3.15. The Balaban J connectivity index is 1.87. The minimum Gasteiger partial charge on any atom is -0.260 e. The minimum absolute atomic E-state index is 0.188. The van der Waals surface area contributed by atoms with Crippen LogP contribution in [0.3, 0.4) is 0 Å². The number of allylic oxidation sites excluding steroid dienone is 7. The van der Waals surface area contributed by atoms with E-state index in [2.05, 4.69) is 85.0 Å². The van der Waals surface area contributed by atoms with Gasteiger partial charge >= 0.3 is 0 Å². The van der Waals surface area contributed by atoms with Crippen LogP contribution in [0.5, 0.6) is 0 Å². The Bertz CT molecular complexity index is 849. The molecule has 0 saturated carbocycles. The lowest BCUT2D eigenvalue weighted by Gasteiger charge is -2.21. The van der Waals surface area contributed by atoms with Gasteiger partial charge in [0, 0.05) is 12.1 Å². The highest BCUT2D eigenvalue weighted by atomic mass is 14.7. The van der Waals surface area contributed by atoms with Gasteiger partial charge in [-0.25, -0.2) is 0 Å². The molecule has 0 saturated heterocycles. The number of rotatable bonds is 2. The van der Waals surface area contributed by atoms with Gasteiger partial charge in [0.15, 0.2) is 0 Å². The second-order valence-corrected chi connectivity index (χ2v) is 5.65. The minimum atomic E-state index is 0.188. The zero-order chi connectivity index (χ0) is 15.5. The molecule has 0 aromatic heterocycles. The van der Waals surface area contributed by atoms with Crippen molar-refractivity contribution in [2.24, 2.45) is 10.9 Å². The van der Waals surface area contributed by atoms with E-state index in [-0.39, 0.29) is 5.92 Å². The first-order valence-electron chi connectivity index (χ1n) is 7.87. The number of hydrogen-bond acceptors (Lipinski definition) is 1. The maximum Gasteiger partial charge on any atom is 0.0588 e. The lowest BCUT2D eigenvalue weighted by molar-refractivity contribution is 1.06. The monoisotopic (exact) mass is 295 g/mol. The van der Waals surface area contributed by atoms with Crippen LogP contribution in [-0.2, 0) is 0 Å². The third-order valence-corrected chi connectivity index (χ3v) is 4.24. The molecule has 2 aromatic carbocycles. The van der Waals surface area contributed by atoms with Crippen LogP contribution in [0.1, 0.15) is 11.1 Å². The van der Waals surface area contributed by atoms with E-state index < -0.39 is 0 Å². The van der Waals surface area contributed by atoms with Crippen molar-refractivity contribution in [3.05, 3.63) is 114 Å². The number of fused-ring (bicyclic) bond motifs is 1. The van der Waals surface area contributed by atoms with Crippen molar-refractivity contribution in [3.63, 3.8) is 0 Å². The molecule has 0 spiro atoms. The molecule has 1 aliphatic heterocycles. The number of nitrogens with zero attached hydrogens (tertiary/aromatic N) is 1. The summed E-state index contributed by atoms with van der Waals surface area (Å²) >= 11 is 0. The number of hydrogen-bond donors (Lipinski definition) is 0. The van der Waals surface area contributed by atoms with Gasteiger partial charge in [-0.15, -0.1) is 0 Å². The van der Waals surface area contributed by atoms with Gasteiger partial charge in [-0.2, -0.15) is 0 Å². The molecule has 23 heavy (non-hydrogen) atoms. The molecule has 0 fully saturated rings. The molecule has 0 radical (unpaired) electrons. The largest absolute Gasteiger partial charge is 0.260 e. The predicted octanol–water partition coefficient (Wildman–Crippen LogP) is 5.20. The third kappa shape index (κ3) is 2.62. The molecule has 2 aromatic rings. The summed E-state index contributed by atoms with van der Waals surface area (Å²) in [5.41, 5.74) is 6.05. The van der Waals surface area contributed by atoms with E-state index in [9.17, 15) is 0 Å². The Morgan fingerprint density at radius 1 is 0.696 bits per heavy atom. The van der Waals surface area contributed by atoms with Crippen LogP contribution in [0.25, 0.3) is 5.57 Å². The first kappa shape index (κ1) is 13.7. The maximum absolute atomic E-state index is 4.76. The smallest absolute Gasteiger partial charge is 0.0588 e. The van der Waals surface area contributed by atoms with Crippen LogP contribution < -0.4 is 0 Å². The summed E-state index contributed by atoms with van der Waals surface area (Å²) < 4.78 is 0. The summed E-state index contributed by atoms with van der Waals surface area (Å²) in [6.45, 7) is 0. The van der Waals surface area contributed by atoms with E-state index in [1.165, 1.54) is 22.3 Å². The van der Waals surface area contributed by atoms with Gasteiger partial charge in [0.25, 0.3) is 0 Å². The highest BCUT2D eigenvalue weighted by Crippen LogP contribution is 2.33. The Kier molecular flexibility index (Phi) is 3.61. The molecule has 1 unspecified atom stereocenters. The molecule has 1 atom stereocenters. The molecule has 0 bridgehead atoms. The molecular weight excluding hydrogens is 278 g/mol. The maximum atomic E-state index is 4.76. The summed E-state index contributed by atoms with van der Waals surface area (Å²) in [5.74, 6) is 0.188. The van der Waals surface area contributed by atoms with Gasteiger partial charge in [-0.05, 0) is 28.3 Å². The number of benzene rings is 2. The summed E-state index contributed by atoms with van der Waals surface area (Å²) in [5, 5.41) is 0. The van der Waals surface area contributed by atoms with Crippen molar-refractivity contribution in [2.75, 3.05) is 0 Å². The molecule has 4 rings (SSSR count). The van der Waals surface area contributed by atoms with Crippen molar-refractivity contribution < 1.29 is 0 Å². The third-order valence-electron chi connectivity index (χ3n) is 4.24. The van der Waals surface area contributed by atoms with Gasteiger partial charge in [-0.1, -0.05) is 85.0 Å². The van der Waals surface area contributed by atoms with Crippen molar-refractivity contribution in [3.8, 4) is 0 Å². The molecular formula is C22H17N. The quantitative estimate of drug-likeness (QED) is 0.722. The first-order chi connectivity index (χ1) is 11.4. The fourth-order valence-electron chi connectivity index (χ4n) is 3.15. The molecule has 1 heteroatoms. The molecule has 1 aliphatic carbocycles. The second kappa shape index (κ2) is 6.05. The Morgan fingerprint density at radius 3 is 2.13 bits per heavy atom. The van der Waals surface area contributed by atoms with Crippen LogP contribution in [0.2, 0.25) is 0 Å². The van der Waals surface area contributed by atoms with Gasteiger partial charge in [0.2, 0.25) is 0 Å². The van der Waals surface area contributed by atoms with Crippen LogP contribution in [0.4, 0.5) is 0 Å². The Labute approximate surface area is 136 Å².